The lowest BCUT2D eigenvalue weighted by Crippen LogP contribution is -2.26. The summed E-state index contributed by atoms with van der Waals surface area (Å²) >= 11 is 0. The molecule has 0 atom stereocenters. The van der Waals surface area contributed by atoms with Crippen LogP contribution in [0.3, 0.4) is 0 Å². The number of anilines is 1. The highest BCUT2D eigenvalue weighted by molar-refractivity contribution is 5.90. The maximum Gasteiger partial charge on any atom is 0.442 e. The molecular weight excluding hydrogens is 334 g/mol. The van der Waals surface area contributed by atoms with Crippen molar-refractivity contribution in [3.05, 3.63) is 52.6 Å². The Bertz CT molecular complexity index is 976. The van der Waals surface area contributed by atoms with E-state index >= 15 is 0 Å². The maximum atomic E-state index is 12.4. The highest BCUT2D eigenvalue weighted by atomic mass is 16.5. The second-order valence-electron chi connectivity index (χ2n) is 7.06. The molecule has 0 spiro atoms. The summed E-state index contributed by atoms with van der Waals surface area (Å²) in [6, 6.07) is 10.9. The molecule has 8 nitrogen and oxygen atoms in total. The minimum atomic E-state index is -0.681. The van der Waals surface area contributed by atoms with Crippen molar-refractivity contribution < 1.29 is 9.32 Å². The van der Waals surface area contributed by atoms with Gasteiger partial charge in [0.1, 0.15) is 12.4 Å². The summed E-state index contributed by atoms with van der Waals surface area (Å²) in [5.74, 6) is -0.174. The highest BCUT2D eigenvalue weighted by Crippen LogP contribution is 2.23. The van der Waals surface area contributed by atoms with E-state index in [0.29, 0.717) is 17.2 Å². The van der Waals surface area contributed by atoms with E-state index in [2.05, 4.69) is 15.6 Å². The molecule has 0 saturated heterocycles. The molecule has 2 aromatic heterocycles. The van der Waals surface area contributed by atoms with Gasteiger partial charge >= 0.3 is 5.76 Å². The number of aryl methyl sites for hydroxylation is 1. The minimum absolute atomic E-state index is 0.132. The Morgan fingerprint density at radius 2 is 1.92 bits per heavy atom. The summed E-state index contributed by atoms with van der Waals surface area (Å²) in [6.07, 6.45) is 0. The van der Waals surface area contributed by atoms with Gasteiger partial charge in [0.15, 0.2) is 5.82 Å². The van der Waals surface area contributed by atoms with Crippen molar-refractivity contribution in [3.63, 3.8) is 0 Å². The molecule has 0 aliphatic rings. The van der Waals surface area contributed by atoms with E-state index in [4.69, 9.17) is 4.52 Å². The quantitative estimate of drug-likeness (QED) is 0.774. The maximum absolute atomic E-state index is 12.4. The molecule has 8 heteroatoms. The number of carbonyl (C=O) groups is 1. The average Bonchev–Trinajstić information content (AvgIpc) is 3.12. The lowest BCUT2D eigenvalue weighted by molar-refractivity contribution is -0.116. The Kier molecular flexibility index (Phi) is 4.50. The number of hydrogen-bond acceptors (Lipinski definition) is 5. The number of hydrogen-bond donors (Lipinski definition) is 1. The van der Waals surface area contributed by atoms with Crippen LogP contribution in [0.5, 0.6) is 0 Å². The van der Waals surface area contributed by atoms with Crippen molar-refractivity contribution in [2.45, 2.75) is 32.7 Å². The smallest absolute Gasteiger partial charge is 0.309 e. The lowest BCUT2D eigenvalue weighted by Gasteiger charge is -2.13. The van der Waals surface area contributed by atoms with Gasteiger partial charge in [-0.3, -0.25) is 14.0 Å². The van der Waals surface area contributed by atoms with E-state index < -0.39 is 5.76 Å². The van der Waals surface area contributed by atoms with Crippen LogP contribution in [0.15, 0.2) is 45.7 Å². The van der Waals surface area contributed by atoms with Gasteiger partial charge in [-0.05, 0) is 0 Å². The van der Waals surface area contributed by atoms with Gasteiger partial charge in [-0.2, -0.15) is 5.10 Å². The van der Waals surface area contributed by atoms with E-state index in [1.54, 1.807) is 23.9 Å². The van der Waals surface area contributed by atoms with E-state index in [9.17, 15) is 9.59 Å². The van der Waals surface area contributed by atoms with E-state index in [1.165, 1.54) is 4.57 Å². The van der Waals surface area contributed by atoms with Gasteiger partial charge in [-0.1, -0.05) is 56.3 Å². The zero-order valence-corrected chi connectivity index (χ0v) is 15.2. The number of aromatic nitrogens is 4. The zero-order valence-electron chi connectivity index (χ0n) is 15.2. The monoisotopic (exact) mass is 355 g/mol. The Balaban J connectivity index is 1.81. The molecule has 26 heavy (non-hydrogen) atoms. The van der Waals surface area contributed by atoms with Crippen LogP contribution in [0.25, 0.3) is 11.4 Å². The first-order valence-electron chi connectivity index (χ1n) is 8.22. The van der Waals surface area contributed by atoms with Crippen molar-refractivity contribution in [2.75, 3.05) is 5.32 Å². The fourth-order valence-corrected chi connectivity index (χ4v) is 2.48. The number of nitrogens with zero attached hydrogens (tertiary/aromatic N) is 4. The van der Waals surface area contributed by atoms with Gasteiger partial charge in [-0.25, -0.2) is 9.36 Å². The SMILES string of the molecule is Cn1nc(C(C)(C)C)cc1NC(=O)Cn1c(-c2ccccc2)noc1=O. The fourth-order valence-electron chi connectivity index (χ4n) is 2.48. The minimum Gasteiger partial charge on any atom is -0.309 e. The summed E-state index contributed by atoms with van der Waals surface area (Å²) in [5, 5.41) is 11.0. The topological polar surface area (TPSA) is 95.0 Å². The Labute approximate surface area is 150 Å². The molecule has 1 amide bonds. The number of nitrogens with one attached hydrogen (secondary N) is 1. The van der Waals surface area contributed by atoms with E-state index in [-0.39, 0.29) is 17.9 Å². The lowest BCUT2D eigenvalue weighted by atomic mass is 9.92. The predicted octanol–water partition coefficient (Wildman–Crippen LogP) is 2.17. The van der Waals surface area contributed by atoms with Crippen LogP contribution in [0, 0.1) is 0 Å². The molecule has 0 aliphatic carbocycles. The summed E-state index contributed by atoms with van der Waals surface area (Å²) in [5.41, 5.74) is 1.43. The molecule has 136 valence electrons. The average molecular weight is 355 g/mol. The van der Waals surface area contributed by atoms with Gasteiger partial charge in [-0.15, -0.1) is 0 Å². The first-order valence-corrected chi connectivity index (χ1v) is 8.22. The molecule has 0 bridgehead atoms. The Morgan fingerprint density at radius 3 is 2.54 bits per heavy atom. The summed E-state index contributed by atoms with van der Waals surface area (Å²) in [4.78, 5) is 24.4. The molecule has 0 radical (unpaired) electrons. The first-order chi connectivity index (χ1) is 12.3. The van der Waals surface area contributed by atoms with Crippen LogP contribution in [-0.4, -0.2) is 25.4 Å². The van der Waals surface area contributed by atoms with Crippen LogP contribution < -0.4 is 11.1 Å². The van der Waals surface area contributed by atoms with Gasteiger partial charge in [0, 0.05) is 24.1 Å². The van der Waals surface area contributed by atoms with E-state index in [1.807, 2.05) is 45.0 Å². The van der Waals surface area contributed by atoms with Crippen LogP contribution in [0.1, 0.15) is 26.5 Å². The number of benzene rings is 1. The fraction of sp³-hybridized carbons (Fsp3) is 0.333. The molecule has 1 N–H and O–H groups in total. The van der Waals surface area contributed by atoms with Crippen molar-refractivity contribution in [1.29, 1.82) is 0 Å². The first kappa shape index (κ1) is 17.7. The van der Waals surface area contributed by atoms with Gasteiger partial charge in [0.05, 0.1) is 5.69 Å². The molecular formula is C18H21N5O3. The number of carbonyl (C=O) groups excluding carboxylic acids is 1. The second kappa shape index (κ2) is 6.62. The van der Waals surface area contributed by atoms with Crippen molar-refractivity contribution in [3.8, 4) is 11.4 Å². The molecule has 0 fully saturated rings. The standard InChI is InChI=1S/C18H21N5O3/c1-18(2,3)13-10-14(22(4)20-13)19-15(24)11-23-16(21-26-17(23)25)12-8-6-5-7-9-12/h5-10H,11H2,1-4H3,(H,19,24). The molecule has 3 rings (SSSR count). The van der Waals surface area contributed by atoms with Crippen molar-refractivity contribution in [1.82, 2.24) is 19.5 Å². The Morgan fingerprint density at radius 1 is 1.23 bits per heavy atom. The van der Waals surface area contributed by atoms with Crippen molar-refractivity contribution in [2.24, 2.45) is 7.05 Å². The summed E-state index contributed by atoms with van der Waals surface area (Å²) in [6.45, 7) is 5.93. The van der Waals surface area contributed by atoms with Crippen molar-refractivity contribution >= 4 is 11.7 Å². The zero-order chi connectivity index (χ0) is 18.9. The molecule has 3 aromatic rings. The van der Waals surface area contributed by atoms with Gasteiger partial charge in [0.25, 0.3) is 0 Å². The number of amides is 1. The van der Waals surface area contributed by atoms with Crippen LogP contribution >= 0.6 is 0 Å². The molecule has 1 aromatic carbocycles. The largest absolute Gasteiger partial charge is 0.442 e. The molecule has 0 unspecified atom stereocenters. The summed E-state index contributed by atoms with van der Waals surface area (Å²) < 4.78 is 7.54. The van der Waals surface area contributed by atoms with Crippen LogP contribution in [0.2, 0.25) is 0 Å². The van der Waals surface area contributed by atoms with Gasteiger partial charge in [0.2, 0.25) is 5.91 Å². The predicted molar refractivity (Wildman–Crippen MR) is 96.7 cm³/mol. The third-order valence-corrected chi connectivity index (χ3v) is 3.94. The highest BCUT2D eigenvalue weighted by Gasteiger charge is 2.21. The van der Waals surface area contributed by atoms with Gasteiger partial charge < -0.3 is 5.32 Å². The van der Waals surface area contributed by atoms with Crippen LogP contribution in [-0.2, 0) is 23.8 Å². The van der Waals surface area contributed by atoms with Crippen LogP contribution in [0.4, 0.5) is 5.82 Å². The third-order valence-electron chi connectivity index (χ3n) is 3.94. The Hall–Kier alpha value is -3.16. The molecule has 2 heterocycles. The summed E-state index contributed by atoms with van der Waals surface area (Å²) in [7, 11) is 1.76. The third kappa shape index (κ3) is 3.58. The molecule has 0 aliphatic heterocycles. The molecule has 0 saturated carbocycles. The number of rotatable bonds is 4. The second-order valence-corrected chi connectivity index (χ2v) is 7.06. The van der Waals surface area contributed by atoms with E-state index in [0.717, 1.165) is 5.69 Å². The normalized spacial score (nSPS) is 11.5.